The molecule has 1 saturated carbocycles. The minimum Gasteiger partial charge on any atom is -0.508 e. The molecule has 81 heavy (non-hydrogen) atoms. The van der Waals surface area contributed by atoms with Crippen molar-refractivity contribution in [2.45, 2.75) is 103 Å². The van der Waals surface area contributed by atoms with Crippen LogP contribution < -0.4 is 24.6 Å². The van der Waals surface area contributed by atoms with Crippen molar-refractivity contribution < 1.29 is 47.3 Å². The van der Waals surface area contributed by atoms with Crippen molar-refractivity contribution in [2.24, 2.45) is 17.3 Å². The monoisotopic (exact) mass is 1110 g/mol. The molecule has 6 fully saturated rings. The topological polar surface area (TPSA) is 186 Å². The molecule has 3 atom stereocenters. The van der Waals surface area contributed by atoms with Gasteiger partial charge in [-0.3, -0.25) is 29.7 Å². The second kappa shape index (κ2) is 22.5. The molecular formula is C61H72F2N10O8. The third kappa shape index (κ3) is 11.1. The lowest BCUT2D eigenvalue weighted by molar-refractivity contribution is -0.120. The van der Waals surface area contributed by atoms with Crippen LogP contribution in [0.5, 0.6) is 17.5 Å². The number of carbonyl (C=O) groups excluding carboxylic acids is 4. The van der Waals surface area contributed by atoms with E-state index in [2.05, 4.69) is 42.8 Å². The molecule has 2 unspecified atom stereocenters. The van der Waals surface area contributed by atoms with Gasteiger partial charge >= 0.3 is 18.1 Å². The number of carbonyl (C=O) groups is 4. The average molecular weight is 1110 g/mol. The van der Waals surface area contributed by atoms with Gasteiger partial charge in [0.25, 0.3) is 5.91 Å². The first-order valence-corrected chi connectivity index (χ1v) is 28.6. The number of anilines is 2. The Labute approximate surface area is 471 Å². The zero-order chi connectivity index (χ0) is 56.9. The van der Waals surface area contributed by atoms with E-state index in [1.807, 2.05) is 30.6 Å². The van der Waals surface area contributed by atoms with Gasteiger partial charge in [0.15, 0.2) is 5.82 Å². The van der Waals surface area contributed by atoms with Gasteiger partial charge in [-0.1, -0.05) is 18.9 Å². The number of ether oxygens (including phenoxy) is 3. The number of aromatic hydroxyl groups is 1. The van der Waals surface area contributed by atoms with Crippen LogP contribution in [0.2, 0.25) is 0 Å². The number of nitrogens with zero attached hydrogens (tertiary/aromatic N) is 9. The maximum absolute atomic E-state index is 17.4. The number of nitrogens with one attached hydrogen (secondary N) is 1. The van der Waals surface area contributed by atoms with Gasteiger partial charge in [0, 0.05) is 107 Å². The Morgan fingerprint density at radius 3 is 2.38 bits per heavy atom. The highest BCUT2D eigenvalue weighted by molar-refractivity contribution is 6.07. The highest BCUT2D eigenvalue weighted by atomic mass is 19.1. The summed E-state index contributed by atoms with van der Waals surface area (Å²) in [5.74, 6) is 1.95. The number of likely N-dealkylation sites (tertiary alicyclic amines) is 1. The van der Waals surface area contributed by atoms with Crippen LogP contribution in [0, 0.1) is 41.2 Å². The zero-order valence-corrected chi connectivity index (χ0v) is 46.9. The van der Waals surface area contributed by atoms with Crippen molar-refractivity contribution in [1.82, 2.24) is 39.9 Å². The Balaban J connectivity index is 0.710. The summed E-state index contributed by atoms with van der Waals surface area (Å²) >= 11 is 0. The number of hydrogen-bond acceptors (Lipinski definition) is 14. The third-order valence-corrected chi connectivity index (χ3v) is 17.9. The number of urea groups is 1. The van der Waals surface area contributed by atoms with Crippen molar-refractivity contribution >= 4 is 57.1 Å². The fourth-order valence-electron chi connectivity index (χ4n) is 13.7. The van der Waals surface area contributed by atoms with Crippen LogP contribution in [0.25, 0.3) is 32.9 Å². The van der Waals surface area contributed by atoms with Gasteiger partial charge in [-0.15, -0.1) is 6.42 Å². The van der Waals surface area contributed by atoms with E-state index in [-0.39, 0.29) is 100 Å². The van der Waals surface area contributed by atoms with Crippen molar-refractivity contribution in [3.05, 3.63) is 71.4 Å². The van der Waals surface area contributed by atoms with Crippen LogP contribution in [0.15, 0.2) is 48.7 Å². The van der Waals surface area contributed by atoms with Crippen LogP contribution in [0.4, 0.5) is 29.9 Å². The molecule has 7 heterocycles. The number of halogens is 2. The fourth-order valence-corrected chi connectivity index (χ4v) is 13.7. The standard InChI is InChI=1S/C61H72F2N10O8/c1-7-44-47(62)10-8-40-28-43(74)30-45(51(40)44)53-52(63)54-46(31-64-53)55(71-34-42-14-16-60(5,36-71)73(42)59(78)81-37(2)3)67-57(66-54)80-35-38(4)32-68-24-26-69(27-25-68)33-39-12-17-61(18-13-39)19-22-70(23-20-61)56(76)41-9-11-49(79-6)48(29-41)72-21-15-50(75)65-58(72)77/h1,8-11,28-31,37-39,42,74H,12-27,32-36H2,2-6H3,(H,65,75,77)/t38-,42?,60?/m1/s1. The Bertz CT molecular complexity index is 3310. The second-order valence-electron chi connectivity index (χ2n) is 23.9. The number of rotatable bonds is 13. The molecule has 1 aliphatic carbocycles. The van der Waals surface area contributed by atoms with Crippen LogP contribution in [-0.2, 0) is 9.53 Å². The number of fused-ring (bicyclic) bond motifs is 4. The molecule has 6 aliphatic rings. The number of piperidine rings is 1. The second-order valence-corrected chi connectivity index (χ2v) is 23.9. The fraction of sp³-hybridized carbons (Fsp3) is 0.525. The summed E-state index contributed by atoms with van der Waals surface area (Å²) in [5.41, 5.74) is 0.430. The highest BCUT2D eigenvalue weighted by Gasteiger charge is 2.52. The number of amides is 5. The summed E-state index contributed by atoms with van der Waals surface area (Å²) in [5, 5.41) is 14.1. The quantitative estimate of drug-likeness (QED) is 0.107. The molecule has 2 aromatic heterocycles. The lowest BCUT2D eigenvalue weighted by Gasteiger charge is -2.47. The minimum absolute atomic E-state index is 0.0111. The number of imide groups is 1. The molecule has 428 valence electrons. The summed E-state index contributed by atoms with van der Waals surface area (Å²) < 4.78 is 50.2. The Morgan fingerprint density at radius 1 is 0.926 bits per heavy atom. The normalized spacial score (nSPS) is 22.1. The SMILES string of the molecule is C#Cc1c(F)ccc2cc(O)cc(-c3ncc4c(N5CC6CCC(C)(C5)N6C(=O)OC(C)C)nc(OC[C@H](C)CN5CCN(CC6CCC7(CC6)CCN(C(=O)c6ccc(OC)c(N8CCC(=O)NC8=O)c6)CC7)CC5)nc4c3F)c12. The van der Waals surface area contributed by atoms with Gasteiger partial charge in [-0.2, -0.15) is 9.97 Å². The predicted molar refractivity (Wildman–Crippen MR) is 302 cm³/mol. The Kier molecular flexibility index (Phi) is 15.4. The molecule has 0 radical (unpaired) electrons. The average Bonchev–Trinajstić information content (AvgIpc) is 3.81. The van der Waals surface area contributed by atoms with E-state index in [1.165, 1.54) is 55.3 Å². The molecule has 20 heteroatoms. The molecule has 5 aromatic rings. The first kappa shape index (κ1) is 55.5. The summed E-state index contributed by atoms with van der Waals surface area (Å²) in [6.07, 6.45) is 14.9. The van der Waals surface area contributed by atoms with Crippen LogP contribution >= 0.6 is 0 Å². The molecular weight excluding hydrogens is 1040 g/mol. The van der Waals surface area contributed by atoms with Gasteiger partial charge in [0.2, 0.25) is 5.91 Å². The molecule has 5 amide bonds. The maximum atomic E-state index is 17.4. The Hall–Kier alpha value is -7.37. The number of benzene rings is 3. The van der Waals surface area contributed by atoms with Gasteiger partial charge < -0.3 is 38.9 Å². The smallest absolute Gasteiger partial charge is 0.410 e. The van der Waals surface area contributed by atoms with Gasteiger partial charge in [-0.05, 0) is 125 Å². The third-order valence-electron chi connectivity index (χ3n) is 17.9. The number of methoxy groups -OCH3 is 1. The van der Waals surface area contributed by atoms with E-state index in [0.717, 1.165) is 77.8 Å². The van der Waals surface area contributed by atoms with Crippen LogP contribution in [0.1, 0.15) is 101 Å². The van der Waals surface area contributed by atoms with Crippen molar-refractivity contribution in [3.8, 4) is 41.1 Å². The number of pyridine rings is 1. The number of aromatic nitrogens is 3. The van der Waals surface area contributed by atoms with E-state index in [1.54, 1.807) is 18.2 Å². The van der Waals surface area contributed by atoms with Crippen LogP contribution in [0.3, 0.4) is 0 Å². The molecule has 5 aliphatic heterocycles. The van der Waals surface area contributed by atoms with Crippen molar-refractivity contribution in [3.63, 3.8) is 0 Å². The first-order chi connectivity index (χ1) is 38.9. The van der Waals surface area contributed by atoms with E-state index >= 15 is 8.78 Å². The number of piperazine rings is 2. The van der Waals surface area contributed by atoms with Crippen molar-refractivity contribution in [2.75, 3.05) is 95.5 Å². The van der Waals surface area contributed by atoms with Gasteiger partial charge in [-0.25, -0.2) is 18.4 Å². The van der Waals surface area contributed by atoms with E-state index in [0.29, 0.717) is 65.7 Å². The summed E-state index contributed by atoms with van der Waals surface area (Å²) in [6, 6.07) is 9.91. The number of phenols is 1. The van der Waals surface area contributed by atoms with Crippen LogP contribution in [-0.4, -0.2) is 167 Å². The number of hydrogen-bond donors (Lipinski definition) is 2. The maximum Gasteiger partial charge on any atom is 0.410 e. The van der Waals surface area contributed by atoms with Gasteiger partial charge in [0.1, 0.15) is 34.3 Å². The van der Waals surface area contributed by atoms with Gasteiger partial charge in [0.05, 0.1) is 48.0 Å². The number of phenolic OH excluding ortho intramolecular Hbond substituents is 1. The molecule has 5 saturated heterocycles. The molecule has 11 rings (SSSR count). The molecule has 2 bridgehead atoms. The molecule has 1 spiro atoms. The van der Waals surface area contributed by atoms with Crippen molar-refractivity contribution in [1.29, 1.82) is 0 Å². The Morgan fingerprint density at radius 2 is 1.68 bits per heavy atom. The predicted octanol–water partition coefficient (Wildman–Crippen LogP) is 8.60. The zero-order valence-electron chi connectivity index (χ0n) is 46.9. The highest BCUT2D eigenvalue weighted by Crippen LogP contribution is 2.48. The molecule has 18 nitrogen and oxygen atoms in total. The lowest BCUT2D eigenvalue weighted by Crippen LogP contribution is -2.62. The van der Waals surface area contributed by atoms with E-state index < -0.39 is 23.2 Å². The summed E-state index contributed by atoms with van der Waals surface area (Å²) in [4.78, 5) is 78.3. The molecule has 3 aromatic carbocycles. The summed E-state index contributed by atoms with van der Waals surface area (Å²) in [6.45, 7) is 16.1. The minimum atomic E-state index is -0.809. The van der Waals surface area contributed by atoms with E-state index in [9.17, 15) is 24.3 Å². The first-order valence-electron chi connectivity index (χ1n) is 28.6. The number of terminal acetylenes is 1. The lowest BCUT2D eigenvalue weighted by atomic mass is 9.65. The van der Waals surface area contributed by atoms with E-state index in [4.69, 9.17) is 25.6 Å². The summed E-state index contributed by atoms with van der Waals surface area (Å²) in [7, 11) is 1.52. The molecule has 2 N–H and O–H groups in total. The largest absolute Gasteiger partial charge is 0.508 e.